The molecule has 2 aromatic carbocycles. The largest absolute Gasteiger partial charge is 0.403 e. The summed E-state index contributed by atoms with van der Waals surface area (Å²) in [6.07, 6.45) is 5.31. The lowest BCUT2D eigenvalue weighted by atomic mass is 10.1. The molecule has 0 fully saturated rings. The highest BCUT2D eigenvalue weighted by atomic mass is 16.6. The minimum Gasteiger partial charge on any atom is -0.403 e. The molecule has 0 spiro atoms. The molecule has 4 heteroatoms. The van der Waals surface area contributed by atoms with Crippen LogP contribution in [0.1, 0.15) is 16.7 Å². The molecule has 0 bridgehead atoms. The molecule has 4 nitrogen and oxygen atoms in total. The summed E-state index contributed by atoms with van der Waals surface area (Å²) in [5, 5.41) is 0. The predicted molar refractivity (Wildman–Crippen MR) is 102 cm³/mol. The van der Waals surface area contributed by atoms with Gasteiger partial charge < -0.3 is 9.64 Å². The van der Waals surface area contributed by atoms with Crippen molar-refractivity contribution in [2.24, 2.45) is 4.99 Å². The van der Waals surface area contributed by atoms with Gasteiger partial charge >= 0.3 is 5.97 Å². The van der Waals surface area contributed by atoms with Crippen LogP contribution in [0.2, 0.25) is 0 Å². The number of anilines is 1. The van der Waals surface area contributed by atoms with E-state index >= 15 is 0 Å². The molecular weight excluding hydrogens is 312 g/mol. The number of carbonyl (C=O) groups excluding carboxylic acids is 1. The molecule has 0 unspecified atom stereocenters. The van der Waals surface area contributed by atoms with E-state index in [1.165, 1.54) is 5.56 Å². The Kier molecular flexibility index (Phi) is 4.80. The van der Waals surface area contributed by atoms with Gasteiger partial charge in [0.15, 0.2) is 5.70 Å². The van der Waals surface area contributed by atoms with Gasteiger partial charge in [-0.05, 0) is 42.3 Å². The Morgan fingerprint density at radius 2 is 1.56 bits per heavy atom. The summed E-state index contributed by atoms with van der Waals surface area (Å²) in [5.41, 5.74) is 4.54. The summed E-state index contributed by atoms with van der Waals surface area (Å²) >= 11 is 0. The van der Waals surface area contributed by atoms with Gasteiger partial charge in [-0.15, -0.1) is 0 Å². The molecule has 25 heavy (non-hydrogen) atoms. The molecule has 0 amide bonds. The molecular formula is C21H20N2O2. The zero-order valence-corrected chi connectivity index (χ0v) is 14.6. The fourth-order valence-corrected chi connectivity index (χ4v) is 2.37. The Morgan fingerprint density at radius 3 is 2.20 bits per heavy atom. The molecule has 0 saturated carbocycles. The second-order valence-electron chi connectivity index (χ2n) is 6.10. The van der Waals surface area contributed by atoms with Crippen LogP contribution in [0.15, 0.2) is 65.3 Å². The molecule has 0 saturated heterocycles. The number of aryl methyl sites for hydroxylation is 1. The van der Waals surface area contributed by atoms with Crippen molar-refractivity contribution in [3.8, 4) is 0 Å². The number of hydrogen-bond donors (Lipinski definition) is 0. The fourth-order valence-electron chi connectivity index (χ4n) is 2.37. The standard InChI is InChI=1S/C21H20N2O2/c1-15-4-6-16(7-5-15)10-13-20-22-19(21(24)25-20)14-17-8-11-18(12-9-17)23(2)3/h4-14H,1-3H3/b13-10+,19-14?. The smallest absolute Gasteiger partial charge is 0.363 e. The van der Waals surface area contributed by atoms with E-state index in [2.05, 4.69) is 4.99 Å². The van der Waals surface area contributed by atoms with E-state index in [4.69, 9.17) is 4.74 Å². The van der Waals surface area contributed by atoms with Gasteiger partial charge in [0.2, 0.25) is 5.90 Å². The van der Waals surface area contributed by atoms with Gasteiger partial charge in [-0.2, -0.15) is 0 Å². The van der Waals surface area contributed by atoms with Gasteiger partial charge in [0, 0.05) is 25.9 Å². The lowest BCUT2D eigenvalue weighted by Gasteiger charge is -2.11. The Balaban J connectivity index is 1.76. The molecule has 0 aliphatic carbocycles. The summed E-state index contributed by atoms with van der Waals surface area (Å²) < 4.78 is 5.20. The van der Waals surface area contributed by atoms with Crippen LogP contribution in [0.3, 0.4) is 0 Å². The Labute approximate surface area is 147 Å². The highest BCUT2D eigenvalue weighted by molar-refractivity contribution is 6.11. The molecule has 0 radical (unpaired) electrons. The quantitative estimate of drug-likeness (QED) is 0.626. The SMILES string of the molecule is Cc1ccc(/C=C/C2=NC(=Cc3ccc(N(C)C)cc3)C(=O)O2)cc1. The van der Waals surface area contributed by atoms with E-state index in [1.54, 1.807) is 12.2 Å². The second-order valence-corrected chi connectivity index (χ2v) is 6.10. The first-order valence-corrected chi connectivity index (χ1v) is 8.06. The molecule has 0 N–H and O–H groups in total. The van der Waals surface area contributed by atoms with Gasteiger partial charge in [-0.25, -0.2) is 9.79 Å². The van der Waals surface area contributed by atoms with Gasteiger partial charge in [0.1, 0.15) is 0 Å². The number of carbonyl (C=O) groups is 1. The Bertz CT molecular complexity index is 858. The topological polar surface area (TPSA) is 41.9 Å². The Morgan fingerprint density at radius 1 is 0.920 bits per heavy atom. The first kappa shape index (κ1) is 16.7. The maximum absolute atomic E-state index is 12.0. The Hall–Kier alpha value is -3.14. The van der Waals surface area contributed by atoms with Gasteiger partial charge in [-0.3, -0.25) is 0 Å². The van der Waals surface area contributed by atoms with Crippen molar-refractivity contribution in [3.05, 3.63) is 77.0 Å². The van der Waals surface area contributed by atoms with E-state index in [9.17, 15) is 4.79 Å². The number of nitrogens with zero attached hydrogens (tertiary/aromatic N) is 2. The van der Waals surface area contributed by atoms with Gasteiger partial charge in [-0.1, -0.05) is 42.0 Å². The van der Waals surface area contributed by atoms with E-state index < -0.39 is 5.97 Å². The third-order valence-corrected chi connectivity index (χ3v) is 3.85. The predicted octanol–water partition coefficient (Wildman–Crippen LogP) is 4.07. The van der Waals surface area contributed by atoms with Crippen molar-refractivity contribution in [2.75, 3.05) is 19.0 Å². The average Bonchev–Trinajstić information content (AvgIpc) is 2.94. The van der Waals surface area contributed by atoms with Crippen molar-refractivity contribution in [1.29, 1.82) is 0 Å². The normalized spacial score (nSPS) is 15.6. The van der Waals surface area contributed by atoms with Crippen molar-refractivity contribution >= 4 is 29.7 Å². The summed E-state index contributed by atoms with van der Waals surface area (Å²) in [4.78, 5) is 18.3. The lowest BCUT2D eigenvalue weighted by Crippen LogP contribution is -2.07. The molecule has 1 aliphatic rings. The number of esters is 1. The molecule has 0 aromatic heterocycles. The minimum absolute atomic E-state index is 0.307. The van der Waals surface area contributed by atoms with Crippen LogP contribution in [0.5, 0.6) is 0 Å². The van der Waals surface area contributed by atoms with E-state index in [1.807, 2.05) is 80.5 Å². The van der Waals surface area contributed by atoms with E-state index in [-0.39, 0.29) is 0 Å². The summed E-state index contributed by atoms with van der Waals surface area (Å²) in [7, 11) is 3.97. The van der Waals surface area contributed by atoms with Crippen LogP contribution < -0.4 is 4.90 Å². The van der Waals surface area contributed by atoms with Crippen LogP contribution in [-0.4, -0.2) is 26.0 Å². The average molecular weight is 332 g/mol. The molecule has 1 aliphatic heterocycles. The van der Waals surface area contributed by atoms with Crippen molar-refractivity contribution in [3.63, 3.8) is 0 Å². The zero-order valence-electron chi connectivity index (χ0n) is 14.6. The van der Waals surface area contributed by atoms with Crippen LogP contribution in [0, 0.1) is 6.92 Å². The summed E-state index contributed by atoms with van der Waals surface area (Å²) in [6, 6.07) is 16.0. The van der Waals surface area contributed by atoms with Crippen molar-refractivity contribution in [1.82, 2.24) is 0 Å². The molecule has 2 aromatic rings. The van der Waals surface area contributed by atoms with Crippen molar-refractivity contribution < 1.29 is 9.53 Å². The van der Waals surface area contributed by atoms with Crippen LogP contribution in [0.4, 0.5) is 5.69 Å². The maximum atomic E-state index is 12.0. The summed E-state index contributed by atoms with van der Waals surface area (Å²) in [6.45, 7) is 2.04. The summed E-state index contributed by atoms with van der Waals surface area (Å²) in [5.74, 6) is -0.123. The maximum Gasteiger partial charge on any atom is 0.363 e. The number of cyclic esters (lactones) is 1. The molecule has 0 atom stereocenters. The monoisotopic (exact) mass is 332 g/mol. The van der Waals surface area contributed by atoms with Crippen LogP contribution in [0.25, 0.3) is 12.2 Å². The number of ether oxygens (including phenoxy) is 1. The van der Waals surface area contributed by atoms with Gasteiger partial charge in [0.25, 0.3) is 0 Å². The molecule has 126 valence electrons. The number of aliphatic imine (C=N–C) groups is 1. The zero-order chi connectivity index (χ0) is 17.8. The number of benzene rings is 2. The second kappa shape index (κ2) is 7.18. The number of rotatable bonds is 4. The highest BCUT2D eigenvalue weighted by Gasteiger charge is 2.21. The van der Waals surface area contributed by atoms with Crippen LogP contribution >= 0.6 is 0 Å². The van der Waals surface area contributed by atoms with Crippen molar-refractivity contribution in [2.45, 2.75) is 6.92 Å². The highest BCUT2D eigenvalue weighted by Crippen LogP contribution is 2.19. The first-order valence-electron chi connectivity index (χ1n) is 8.06. The number of hydrogen-bond acceptors (Lipinski definition) is 4. The lowest BCUT2D eigenvalue weighted by molar-refractivity contribution is -0.129. The molecule has 1 heterocycles. The minimum atomic E-state index is -0.430. The van der Waals surface area contributed by atoms with E-state index in [0.717, 1.165) is 16.8 Å². The molecule has 3 rings (SSSR count). The first-order chi connectivity index (χ1) is 12.0. The fraction of sp³-hybridized carbons (Fsp3) is 0.143. The van der Waals surface area contributed by atoms with Crippen LogP contribution in [-0.2, 0) is 9.53 Å². The third kappa shape index (κ3) is 4.23. The van der Waals surface area contributed by atoms with Gasteiger partial charge in [0.05, 0.1) is 0 Å². The van der Waals surface area contributed by atoms with E-state index in [0.29, 0.717) is 11.6 Å². The third-order valence-electron chi connectivity index (χ3n) is 3.85.